The van der Waals surface area contributed by atoms with Crippen molar-refractivity contribution in [2.45, 2.75) is 13.0 Å². The van der Waals surface area contributed by atoms with Crippen molar-refractivity contribution in [3.05, 3.63) is 50.5 Å². The molecule has 1 aliphatic rings. The minimum atomic E-state index is -0.900. The zero-order valence-electron chi connectivity index (χ0n) is 13.0. The summed E-state index contributed by atoms with van der Waals surface area (Å²) in [5, 5.41) is 13.6. The van der Waals surface area contributed by atoms with Crippen LogP contribution in [0.3, 0.4) is 0 Å². The van der Waals surface area contributed by atoms with E-state index in [4.69, 9.17) is 0 Å². The molecular weight excluding hydrogens is 338 g/mol. The zero-order chi connectivity index (χ0) is 17.3. The van der Waals surface area contributed by atoms with Gasteiger partial charge in [-0.2, -0.15) is 0 Å². The maximum Gasteiger partial charge on any atom is 0.275 e. The lowest BCUT2D eigenvalue weighted by Gasteiger charge is -2.38. The quantitative estimate of drug-likeness (QED) is 0.623. The van der Waals surface area contributed by atoms with Gasteiger partial charge in [0.1, 0.15) is 10.7 Å². The van der Waals surface area contributed by atoms with Crippen molar-refractivity contribution in [1.29, 1.82) is 0 Å². The summed E-state index contributed by atoms with van der Waals surface area (Å²) in [4.78, 5) is 18.0. The Hall–Kier alpha value is -2.13. The van der Waals surface area contributed by atoms with Crippen LogP contribution >= 0.6 is 11.3 Å². The summed E-state index contributed by atoms with van der Waals surface area (Å²) in [6.45, 7) is 4.22. The van der Waals surface area contributed by atoms with E-state index in [0.717, 1.165) is 17.1 Å². The number of rotatable bonds is 4. The maximum atomic E-state index is 14.1. The lowest BCUT2D eigenvalue weighted by atomic mass is 10.2. The number of aromatic nitrogens is 1. The molecule has 0 amide bonds. The van der Waals surface area contributed by atoms with Crippen molar-refractivity contribution in [3.8, 4) is 0 Å². The van der Waals surface area contributed by atoms with Gasteiger partial charge in [-0.05, 0) is 6.92 Å². The summed E-state index contributed by atoms with van der Waals surface area (Å²) in [7, 11) is 0. The summed E-state index contributed by atoms with van der Waals surface area (Å²) < 4.78 is 28.3. The maximum absolute atomic E-state index is 14.1. The van der Waals surface area contributed by atoms with Crippen molar-refractivity contribution >= 4 is 22.7 Å². The molecule has 9 heteroatoms. The molecule has 1 aliphatic heterocycles. The fourth-order valence-electron chi connectivity index (χ4n) is 2.89. The Bertz CT molecular complexity index is 710. The van der Waals surface area contributed by atoms with Gasteiger partial charge in [0.25, 0.3) is 5.69 Å². The lowest BCUT2D eigenvalue weighted by Crippen LogP contribution is -2.47. The third-order valence-electron chi connectivity index (χ3n) is 4.20. The third kappa shape index (κ3) is 3.22. The van der Waals surface area contributed by atoms with E-state index in [-0.39, 0.29) is 11.7 Å². The molecule has 1 atom stereocenters. The van der Waals surface area contributed by atoms with Crippen molar-refractivity contribution in [1.82, 2.24) is 9.88 Å². The van der Waals surface area contributed by atoms with Crippen LogP contribution in [0.5, 0.6) is 0 Å². The van der Waals surface area contributed by atoms with Crippen molar-refractivity contribution < 1.29 is 13.7 Å². The average molecular weight is 354 g/mol. The highest BCUT2D eigenvalue weighted by molar-refractivity contribution is 7.09. The van der Waals surface area contributed by atoms with E-state index in [1.807, 2.05) is 5.38 Å². The number of nitro groups is 1. The Morgan fingerprint density at radius 1 is 1.25 bits per heavy atom. The summed E-state index contributed by atoms with van der Waals surface area (Å²) in [5.74, 6) is -1.80. The first kappa shape index (κ1) is 16.7. The number of nitrogens with zero attached hydrogens (tertiary/aromatic N) is 4. The van der Waals surface area contributed by atoms with Crippen molar-refractivity contribution in [2.75, 3.05) is 31.1 Å². The summed E-state index contributed by atoms with van der Waals surface area (Å²) in [5.41, 5.74) is -0.771. The molecule has 24 heavy (non-hydrogen) atoms. The summed E-state index contributed by atoms with van der Waals surface area (Å²) in [6, 6.07) is 1.69. The number of halogens is 2. The van der Waals surface area contributed by atoms with Gasteiger partial charge in [-0.25, -0.2) is 13.8 Å². The predicted molar refractivity (Wildman–Crippen MR) is 87.3 cm³/mol. The van der Waals surface area contributed by atoms with E-state index in [9.17, 15) is 18.9 Å². The summed E-state index contributed by atoms with van der Waals surface area (Å²) >= 11 is 1.58. The highest BCUT2D eigenvalue weighted by Gasteiger charge is 2.27. The van der Waals surface area contributed by atoms with Gasteiger partial charge < -0.3 is 4.90 Å². The number of piperazine rings is 1. The van der Waals surface area contributed by atoms with Crippen LogP contribution in [0, 0.1) is 21.7 Å². The zero-order valence-corrected chi connectivity index (χ0v) is 13.8. The molecule has 1 unspecified atom stereocenters. The van der Waals surface area contributed by atoms with Gasteiger partial charge in [0, 0.05) is 37.8 Å². The first-order chi connectivity index (χ1) is 11.5. The Labute approximate surface area is 141 Å². The second kappa shape index (κ2) is 6.78. The molecule has 0 N–H and O–H groups in total. The van der Waals surface area contributed by atoms with Gasteiger partial charge in [-0.1, -0.05) is 0 Å². The van der Waals surface area contributed by atoms with E-state index in [1.54, 1.807) is 22.4 Å². The topological polar surface area (TPSA) is 62.5 Å². The van der Waals surface area contributed by atoms with Crippen LogP contribution in [0.2, 0.25) is 0 Å². The molecule has 0 bridgehead atoms. The number of anilines is 1. The molecule has 1 fully saturated rings. The molecule has 3 rings (SSSR count). The lowest BCUT2D eigenvalue weighted by molar-refractivity contribution is -0.385. The molecule has 1 saturated heterocycles. The monoisotopic (exact) mass is 354 g/mol. The second-order valence-corrected chi connectivity index (χ2v) is 6.51. The molecule has 1 aromatic heterocycles. The van der Waals surface area contributed by atoms with Crippen LogP contribution in [0.4, 0.5) is 20.2 Å². The van der Waals surface area contributed by atoms with E-state index in [1.165, 1.54) is 0 Å². The smallest absolute Gasteiger partial charge is 0.275 e. The third-order valence-corrected chi connectivity index (χ3v) is 5.15. The Kier molecular flexibility index (Phi) is 4.72. The molecule has 0 aliphatic carbocycles. The summed E-state index contributed by atoms with van der Waals surface area (Å²) in [6.07, 6.45) is 1.76. The minimum absolute atomic E-state index is 0.152. The van der Waals surface area contributed by atoms with Gasteiger partial charge in [0.2, 0.25) is 0 Å². The molecule has 128 valence electrons. The van der Waals surface area contributed by atoms with Gasteiger partial charge in [0.15, 0.2) is 11.6 Å². The van der Waals surface area contributed by atoms with Gasteiger partial charge in [-0.3, -0.25) is 15.0 Å². The number of nitro benzene ring substituents is 1. The van der Waals surface area contributed by atoms with E-state index in [2.05, 4.69) is 16.8 Å². The fraction of sp³-hybridized carbons (Fsp3) is 0.400. The van der Waals surface area contributed by atoms with Crippen molar-refractivity contribution in [2.24, 2.45) is 0 Å². The number of thiazole rings is 1. The van der Waals surface area contributed by atoms with Gasteiger partial charge in [0.05, 0.1) is 23.1 Å². The highest BCUT2D eigenvalue weighted by atomic mass is 32.1. The second-order valence-electron chi connectivity index (χ2n) is 5.58. The standard InChI is InChI=1S/C15H16F2N4O2S/c1-10(15-18-2-7-24-15)19-3-5-20(6-4-19)14-12(16)8-11(21(22)23)9-13(14)17/h2,7-10H,3-6H2,1H3. The van der Waals surface area contributed by atoms with Crippen LogP contribution in [-0.2, 0) is 0 Å². The van der Waals surface area contributed by atoms with Crippen molar-refractivity contribution in [3.63, 3.8) is 0 Å². The number of benzene rings is 1. The van der Waals surface area contributed by atoms with Crippen LogP contribution in [0.15, 0.2) is 23.7 Å². The molecule has 6 nitrogen and oxygen atoms in total. The normalized spacial score (nSPS) is 17.0. The Morgan fingerprint density at radius 2 is 1.88 bits per heavy atom. The first-order valence-electron chi connectivity index (χ1n) is 7.49. The molecule has 0 saturated carbocycles. The van der Waals surface area contributed by atoms with Gasteiger partial charge in [-0.15, -0.1) is 11.3 Å². The number of non-ortho nitro benzene ring substituents is 1. The number of hydrogen-bond acceptors (Lipinski definition) is 6. The van der Waals surface area contributed by atoms with Crippen LogP contribution in [0.1, 0.15) is 18.0 Å². The van der Waals surface area contributed by atoms with E-state index in [0.29, 0.717) is 26.2 Å². The molecule has 2 aromatic rings. The van der Waals surface area contributed by atoms with E-state index < -0.39 is 22.2 Å². The molecule has 2 heterocycles. The SMILES string of the molecule is CC(c1nccs1)N1CCN(c2c(F)cc([N+](=O)[O-])cc2F)CC1. The minimum Gasteiger partial charge on any atom is -0.364 e. The Balaban J connectivity index is 1.72. The Morgan fingerprint density at radius 3 is 2.38 bits per heavy atom. The average Bonchev–Trinajstić information content (AvgIpc) is 3.08. The van der Waals surface area contributed by atoms with Crippen LogP contribution in [0.25, 0.3) is 0 Å². The molecule has 0 spiro atoms. The fourth-order valence-corrected chi connectivity index (χ4v) is 3.62. The highest BCUT2D eigenvalue weighted by Crippen LogP contribution is 2.30. The number of hydrogen-bond donors (Lipinski definition) is 0. The van der Waals surface area contributed by atoms with Crippen LogP contribution < -0.4 is 4.90 Å². The van der Waals surface area contributed by atoms with Gasteiger partial charge >= 0.3 is 0 Å². The molecule has 1 aromatic carbocycles. The largest absolute Gasteiger partial charge is 0.364 e. The first-order valence-corrected chi connectivity index (χ1v) is 8.37. The van der Waals surface area contributed by atoms with E-state index >= 15 is 0 Å². The predicted octanol–water partition coefficient (Wildman–Crippen LogP) is 3.21. The molecular formula is C15H16F2N4O2S. The molecule has 0 radical (unpaired) electrons. The van der Waals surface area contributed by atoms with Crippen LogP contribution in [-0.4, -0.2) is 41.0 Å².